The summed E-state index contributed by atoms with van der Waals surface area (Å²) < 4.78 is 0. The summed E-state index contributed by atoms with van der Waals surface area (Å²) in [5, 5.41) is 12.5. The topological polar surface area (TPSA) is 73.2 Å². The SMILES string of the molecule is CC(C)C(=O)N[C@H]1CCCN(C(=O)c2ccccc2-c2ccccc2C#N)C1. The highest BCUT2D eigenvalue weighted by Gasteiger charge is 2.27. The number of nitrogens with zero attached hydrogens (tertiary/aromatic N) is 2. The summed E-state index contributed by atoms with van der Waals surface area (Å²) in [5.41, 5.74) is 2.65. The Morgan fingerprint density at radius 3 is 2.50 bits per heavy atom. The number of piperidine rings is 1. The Morgan fingerprint density at radius 1 is 1.11 bits per heavy atom. The molecule has 1 aliphatic heterocycles. The molecule has 1 fully saturated rings. The molecule has 0 bridgehead atoms. The Hall–Kier alpha value is -3.13. The van der Waals surface area contributed by atoms with Crippen LogP contribution in [0.4, 0.5) is 0 Å². The van der Waals surface area contributed by atoms with E-state index in [9.17, 15) is 14.9 Å². The van der Waals surface area contributed by atoms with Crippen LogP contribution in [0, 0.1) is 17.2 Å². The van der Waals surface area contributed by atoms with Crippen molar-refractivity contribution in [1.82, 2.24) is 10.2 Å². The molecule has 0 radical (unpaired) electrons. The van der Waals surface area contributed by atoms with Gasteiger partial charge in [0, 0.05) is 36.2 Å². The van der Waals surface area contributed by atoms with Gasteiger partial charge in [-0.25, -0.2) is 0 Å². The van der Waals surface area contributed by atoms with Crippen molar-refractivity contribution in [3.63, 3.8) is 0 Å². The van der Waals surface area contributed by atoms with E-state index in [1.165, 1.54) is 0 Å². The largest absolute Gasteiger partial charge is 0.351 e. The van der Waals surface area contributed by atoms with Crippen LogP contribution in [0.2, 0.25) is 0 Å². The van der Waals surface area contributed by atoms with Crippen LogP contribution in [-0.4, -0.2) is 35.8 Å². The molecule has 28 heavy (non-hydrogen) atoms. The minimum absolute atomic E-state index is 0.0163. The summed E-state index contributed by atoms with van der Waals surface area (Å²) in [5.74, 6) is -0.122. The smallest absolute Gasteiger partial charge is 0.254 e. The number of hydrogen-bond donors (Lipinski definition) is 1. The van der Waals surface area contributed by atoms with Crippen molar-refractivity contribution < 1.29 is 9.59 Å². The minimum Gasteiger partial charge on any atom is -0.351 e. The lowest BCUT2D eigenvalue weighted by Crippen LogP contribution is -2.50. The molecule has 1 aliphatic rings. The minimum atomic E-state index is -0.0747. The highest BCUT2D eigenvalue weighted by Crippen LogP contribution is 2.28. The second kappa shape index (κ2) is 8.71. The van der Waals surface area contributed by atoms with Crippen LogP contribution in [-0.2, 0) is 4.79 Å². The molecule has 2 amide bonds. The molecular weight excluding hydrogens is 350 g/mol. The molecule has 5 heteroatoms. The first-order valence-electron chi connectivity index (χ1n) is 9.69. The first-order valence-corrected chi connectivity index (χ1v) is 9.69. The number of rotatable bonds is 4. The first-order chi connectivity index (χ1) is 13.5. The lowest BCUT2D eigenvalue weighted by molar-refractivity contribution is -0.125. The van der Waals surface area contributed by atoms with Gasteiger partial charge in [0.1, 0.15) is 0 Å². The van der Waals surface area contributed by atoms with Gasteiger partial charge in [-0.15, -0.1) is 0 Å². The van der Waals surface area contributed by atoms with Crippen molar-refractivity contribution in [3.05, 3.63) is 59.7 Å². The molecule has 1 atom stereocenters. The van der Waals surface area contributed by atoms with Crippen LogP contribution in [0.15, 0.2) is 48.5 Å². The maximum Gasteiger partial charge on any atom is 0.254 e. The van der Waals surface area contributed by atoms with Crippen LogP contribution in [0.3, 0.4) is 0 Å². The average molecular weight is 375 g/mol. The lowest BCUT2D eigenvalue weighted by atomic mass is 9.94. The maximum absolute atomic E-state index is 13.3. The zero-order valence-corrected chi connectivity index (χ0v) is 16.3. The Kier molecular flexibility index (Phi) is 6.10. The molecule has 0 unspecified atom stereocenters. The van der Waals surface area contributed by atoms with E-state index in [2.05, 4.69) is 11.4 Å². The standard InChI is InChI=1S/C23H25N3O2/c1-16(2)22(27)25-18-9-7-13-26(15-18)23(28)21-12-6-5-11-20(21)19-10-4-3-8-17(19)14-24/h3-6,8,10-12,16,18H,7,9,13,15H2,1-2H3,(H,25,27)/t18-/m0/s1. The number of carbonyl (C=O) groups is 2. The monoisotopic (exact) mass is 375 g/mol. The van der Waals surface area contributed by atoms with E-state index in [1.807, 2.05) is 61.2 Å². The second-order valence-corrected chi connectivity index (χ2v) is 7.46. The number of likely N-dealkylation sites (tertiary alicyclic amines) is 1. The van der Waals surface area contributed by atoms with Crippen molar-refractivity contribution in [3.8, 4) is 17.2 Å². The highest BCUT2D eigenvalue weighted by molar-refractivity contribution is 6.01. The predicted octanol–water partition coefficient (Wildman–Crippen LogP) is 3.60. The third kappa shape index (κ3) is 4.23. The summed E-state index contributed by atoms with van der Waals surface area (Å²) >= 11 is 0. The number of benzene rings is 2. The van der Waals surface area contributed by atoms with Gasteiger partial charge in [0.05, 0.1) is 11.6 Å². The zero-order chi connectivity index (χ0) is 20.1. The fraction of sp³-hybridized carbons (Fsp3) is 0.348. The van der Waals surface area contributed by atoms with Gasteiger partial charge in [0.25, 0.3) is 5.91 Å². The lowest BCUT2D eigenvalue weighted by Gasteiger charge is -2.34. The van der Waals surface area contributed by atoms with E-state index < -0.39 is 0 Å². The van der Waals surface area contributed by atoms with Crippen LogP contribution in [0.1, 0.15) is 42.6 Å². The molecule has 1 heterocycles. The molecule has 0 aliphatic carbocycles. The fourth-order valence-corrected chi connectivity index (χ4v) is 3.54. The Morgan fingerprint density at radius 2 is 1.79 bits per heavy atom. The number of carbonyl (C=O) groups excluding carboxylic acids is 2. The predicted molar refractivity (Wildman–Crippen MR) is 108 cm³/mol. The third-order valence-electron chi connectivity index (χ3n) is 5.07. The van der Waals surface area contributed by atoms with E-state index >= 15 is 0 Å². The molecule has 0 spiro atoms. The summed E-state index contributed by atoms with van der Waals surface area (Å²) in [4.78, 5) is 27.1. The number of amides is 2. The highest BCUT2D eigenvalue weighted by atomic mass is 16.2. The van der Waals surface area contributed by atoms with Gasteiger partial charge in [-0.2, -0.15) is 5.26 Å². The van der Waals surface area contributed by atoms with E-state index in [0.717, 1.165) is 24.0 Å². The Labute approximate surface area is 166 Å². The molecule has 1 saturated heterocycles. The molecule has 3 rings (SSSR count). The third-order valence-corrected chi connectivity index (χ3v) is 5.07. The van der Waals surface area contributed by atoms with Crippen molar-refractivity contribution in [1.29, 1.82) is 5.26 Å². The molecule has 0 aromatic heterocycles. The van der Waals surface area contributed by atoms with Gasteiger partial charge in [-0.1, -0.05) is 50.2 Å². The van der Waals surface area contributed by atoms with Crippen molar-refractivity contribution >= 4 is 11.8 Å². The number of hydrogen-bond acceptors (Lipinski definition) is 3. The molecule has 2 aromatic carbocycles. The van der Waals surface area contributed by atoms with Crippen LogP contribution >= 0.6 is 0 Å². The van der Waals surface area contributed by atoms with Gasteiger partial charge in [-0.3, -0.25) is 9.59 Å². The summed E-state index contributed by atoms with van der Waals surface area (Å²) in [6.45, 7) is 4.90. The average Bonchev–Trinajstić information content (AvgIpc) is 2.73. The second-order valence-electron chi connectivity index (χ2n) is 7.46. The zero-order valence-electron chi connectivity index (χ0n) is 16.3. The van der Waals surface area contributed by atoms with Crippen molar-refractivity contribution in [2.24, 2.45) is 5.92 Å². The Balaban J connectivity index is 1.85. The van der Waals surface area contributed by atoms with Gasteiger partial charge in [0.2, 0.25) is 5.91 Å². The summed E-state index contributed by atoms with van der Waals surface area (Å²) in [7, 11) is 0. The number of nitriles is 1. The van der Waals surface area contributed by atoms with Crippen molar-refractivity contribution in [2.75, 3.05) is 13.1 Å². The van der Waals surface area contributed by atoms with Gasteiger partial charge >= 0.3 is 0 Å². The molecule has 1 N–H and O–H groups in total. The van der Waals surface area contributed by atoms with Crippen LogP contribution < -0.4 is 5.32 Å². The van der Waals surface area contributed by atoms with E-state index in [0.29, 0.717) is 24.2 Å². The van der Waals surface area contributed by atoms with Crippen LogP contribution in [0.5, 0.6) is 0 Å². The van der Waals surface area contributed by atoms with Gasteiger partial charge in [-0.05, 0) is 30.5 Å². The Bertz CT molecular complexity index is 914. The van der Waals surface area contributed by atoms with Gasteiger partial charge in [0.15, 0.2) is 0 Å². The van der Waals surface area contributed by atoms with Crippen LogP contribution in [0.25, 0.3) is 11.1 Å². The van der Waals surface area contributed by atoms with E-state index in [1.54, 1.807) is 6.07 Å². The molecular formula is C23H25N3O2. The van der Waals surface area contributed by atoms with E-state index in [-0.39, 0.29) is 23.8 Å². The first kappa shape index (κ1) is 19.6. The molecule has 0 saturated carbocycles. The normalized spacial score (nSPS) is 16.5. The maximum atomic E-state index is 13.3. The molecule has 5 nitrogen and oxygen atoms in total. The quantitative estimate of drug-likeness (QED) is 0.887. The number of nitrogens with one attached hydrogen (secondary N) is 1. The van der Waals surface area contributed by atoms with Crippen molar-refractivity contribution in [2.45, 2.75) is 32.7 Å². The molecule has 144 valence electrons. The van der Waals surface area contributed by atoms with Gasteiger partial charge < -0.3 is 10.2 Å². The summed E-state index contributed by atoms with van der Waals surface area (Å²) in [6.07, 6.45) is 1.73. The van der Waals surface area contributed by atoms with E-state index in [4.69, 9.17) is 0 Å². The fourth-order valence-electron chi connectivity index (χ4n) is 3.54. The molecule has 2 aromatic rings. The summed E-state index contributed by atoms with van der Waals surface area (Å²) in [6, 6.07) is 16.9.